The standard InChI is InChI=1S/C22H24N4O6S/c1-2-9-25(13-18-23-24-20(32-18)17-8-5-12-33-17)19(27)14-31-22(29)15-6-3-10-26(15)21(28)16-7-4-11-30-16/h4-5,7-8,11-12,15H,2-3,6,9-10,13-14H2,1H3/t15-/m0/s1. The molecule has 0 saturated carbocycles. The van der Waals surface area contributed by atoms with Crippen LogP contribution >= 0.6 is 11.3 Å². The van der Waals surface area contributed by atoms with Crippen molar-refractivity contribution in [2.24, 2.45) is 0 Å². The van der Waals surface area contributed by atoms with E-state index < -0.39 is 18.6 Å². The van der Waals surface area contributed by atoms with E-state index in [0.717, 1.165) is 4.88 Å². The molecular weight excluding hydrogens is 448 g/mol. The number of thiophene rings is 1. The minimum atomic E-state index is -0.737. The number of hydrogen-bond donors (Lipinski definition) is 0. The van der Waals surface area contributed by atoms with E-state index in [0.29, 0.717) is 44.1 Å². The van der Waals surface area contributed by atoms with Gasteiger partial charge >= 0.3 is 5.97 Å². The maximum Gasteiger partial charge on any atom is 0.329 e. The van der Waals surface area contributed by atoms with Crippen molar-refractivity contribution in [2.45, 2.75) is 38.8 Å². The number of carbonyl (C=O) groups excluding carboxylic acids is 3. The predicted octanol–water partition coefficient (Wildman–Crippen LogP) is 2.98. The minimum Gasteiger partial charge on any atom is -0.459 e. The number of esters is 1. The zero-order valence-electron chi connectivity index (χ0n) is 18.1. The molecule has 0 aromatic carbocycles. The molecule has 0 aliphatic carbocycles. The largest absolute Gasteiger partial charge is 0.459 e. The van der Waals surface area contributed by atoms with Crippen LogP contribution in [0.1, 0.15) is 42.6 Å². The lowest BCUT2D eigenvalue weighted by Gasteiger charge is -2.23. The molecule has 1 aliphatic heterocycles. The molecule has 1 saturated heterocycles. The van der Waals surface area contributed by atoms with Crippen molar-refractivity contribution in [1.29, 1.82) is 0 Å². The number of aromatic nitrogens is 2. The van der Waals surface area contributed by atoms with Crippen LogP contribution in [0.2, 0.25) is 0 Å². The number of furan rings is 1. The molecule has 4 heterocycles. The van der Waals surface area contributed by atoms with Crippen molar-refractivity contribution in [3.8, 4) is 10.8 Å². The molecule has 11 heteroatoms. The van der Waals surface area contributed by atoms with Gasteiger partial charge in [0.15, 0.2) is 12.4 Å². The van der Waals surface area contributed by atoms with E-state index in [9.17, 15) is 14.4 Å². The van der Waals surface area contributed by atoms with E-state index in [4.69, 9.17) is 13.6 Å². The Morgan fingerprint density at radius 2 is 2.15 bits per heavy atom. The van der Waals surface area contributed by atoms with E-state index in [-0.39, 0.29) is 24.1 Å². The zero-order valence-corrected chi connectivity index (χ0v) is 19.0. The fourth-order valence-corrected chi connectivity index (χ4v) is 4.30. The van der Waals surface area contributed by atoms with E-state index in [1.807, 2.05) is 24.4 Å². The number of carbonyl (C=O) groups is 3. The van der Waals surface area contributed by atoms with Gasteiger partial charge in [-0.2, -0.15) is 0 Å². The smallest absolute Gasteiger partial charge is 0.329 e. The second kappa shape index (κ2) is 10.4. The summed E-state index contributed by atoms with van der Waals surface area (Å²) in [6.07, 6.45) is 3.27. The van der Waals surface area contributed by atoms with Crippen LogP contribution in [-0.2, 0) is 20.9 Å². The second-order valence-corrected chi connectivity index (χ2v) is 8.48. The monoisotopic (exact) mass is 472 g/mol. The molecule has 0 spiro atoms. The van der Waals surface area contributed by atoms with Crippen LogP contribution in [0.4, 0.5) is 0 Å². The Morgan fingerprint density at radius 3 is 2.88 bits per heavy atom. The van der Waals surface area contributed by atoms with Crippen LogP contribution in [0.3, 0.4) is 0 Å². The van der Waals surface area contributed by atoms with Crippen molar-refractivity contribution in [1.82, 2.24) is 20.0 Å². The molecule has 174 valence electrons. The van der Waals surface area contributed by atoms with Gasteiger partial charge in [0.2, 0.25) is 5.89 Å². The summed E-state index contributed by atoms with van der Waals surface area (Å²) < 4.78 is 16.1. The third-order valence-corrected chi connectivity index (χ3v) is 6.08. The lowest BCUT2D eigenvalue weighted by molar-refractivity contribution is -0.155. The first kappa shape index (κ1) is 22.7. The van der Waals surface area contributed by atoms with E-state index in [1.165, 1.54) is 27.4 Å². The number of hydrogen-bond acceptors (Lipinski definition) is 9. The van der Waals surface area contributed by atoms with E-state index in [2.05, 4.69) is 10.2 Å². The van der Waals surface area contributed by atoms with Crippen molar-refractivity contribution >= 4 is 29.1 Å². The molecule has 2 amide bonds. The Bertz CT molecular complexity index is 1080. The number of ether oxygens (including phenoxy) is 1. The summed E-state index contributed by atoms with van der Waals surface area (Å²) in [5.41, 5.74) is 0. The number of rotatable bonds is 9. The second-order valence-electron chi connectivity index (χ2n) is 7.54. The lowest BCUT2D eigenvalue weighted by atomic mass is 10.2. The molecule has 1 atom stereocenters. The van der Waals surface area contributed by atoms with Crippen LogP contribution in [0.25, 0.3) is 10.8 Å². The van der Waals surface area contributed by atoms with Crippen LogP contribution in [0, 0.1) is 0 Å². The van der Waals surface area contributed by atoms with Crippen LogP contribution < -0.4 is 0 Å². The first-order chi connectivity index (χ1) is 16.1. The van der Waals surface area contributed by atoms with Crippen LogP contribution in [0.15, 0.2) is 44.7 Å². The number of likely N-dealkylation sites (tertiary alicyclic amines) is 1. The Hall–Kier alpha value is -3.47. The van der Waals surface area contributed by atoms with Gasteiger partial charge in [0.1, 0.15) is 6.04 Å². The Morgan fingerprint density at radius 1 is 1.27 bits per heavy atom. The quantitative estimate of drug-likeness (QED) is 0.436. The molecule has 0 N–H and O–H groups in total. The number of amides is 2. The van der Waals surface area contributed by atoms with Crippen molar-refractivity contribution in [3.63, 3.8) is 0 Å². The van der Waals surface area contributed by atoms with Crippen molar-refractivity contribution < 1.29 is 28.0 Å². The highest BCUT2D eigenvalue weighted by molar-refractivity contribution is 7.13. The van der Waals surface area contributed by atoms with Gasteiger partial charge in [-0.05, 0) is 42.8 Å². The normalized spacial score (nSPS) is 15.5. The first-order valence-corrected chi connectivity index (χ1v) is 11.6. The topological polar surface area (TPSA) is 119 Å². The van der Waals surface area contributed by atoms with Gasteiger partial charge in [0.05, 0.1) is 17.7 Å². The SMILES string of the molecule is CCCN(Cc1nnc(-c2cccs2)o1)C(=O)COC(=O)[C@@H]1CCCN1C(=O)c1ccco1. The van der Waals surface area contributed by atoms with E-state index >= 15 is 0 Å². The summed E-state index contributed by atoms with van der Waals surface area (Å²) in [5, 5.41) is 9.96. The summed E-state index contributed by atoms with van der Waals surface area (Å²) in [4.78, 5) is 41.8. The molecule has 3 aromatic heterocycles. The molecule has 0 unspecified atom stereocenters. The summed E-state index contributed by atoms with van der Waals surface area (Å²) in [7, 11) is 0. The fraction of sp³-hybridized carbons (Fsp3) is 0.409. The summed E-state index contributed by atoms with van der Waals surface area (Å²) in [5.74, 6) is -0.467. The highest BCUT2D eigenvalue weighted by Crippen LogP contribution is 2.24. The minimum absolute atomic E-state index is 0.120. The fourth-order valence-electron chi connectivity index (χ4n) is 3.66. The van der Waals surface area contributed by atoms with Gasteiger partial charge in [-0.15, -0.1) is 21.5 Å². The predicted molar refractivity (Wildman–Crippen MR) is 117 cm³/mol. The van der Waals surface area contributed by atoms with Gasteiger partial charge < -0.3 is 23.4 Å². The van der Waals surface area contributed by atoms with Gasteiger partial charge in [-0.25, -0.2) is 4.79 Å². The van der Waals surface area contributed by atoms with Crippen LogP contribution in [0.5, 0.6) is 0 Å². The summed E-state index contributed by atoms with van der Waals surface area (Å²) >= 11 is 1.48. The molecule has 33 heavy (non-hydrogen) atoms. The molecule has 0 bridgehead atoms. The van der Waals surface area contributed by atoms with Crippen molar-refractivity contribution in [3.05, 3.63) is 47.6 Å². The Kier molecular flexibility index (Phi) is 7.18. The molecule has 1 aliphatic rings. The van der Waals surface area contributed by atoms with E-state index in [1.54, 1.807) is 12.1 Å². The Balaban J connectivity index is 1.33. The average Bonchev–Trinajstić information content (AvgIpc) is 3.63. The maximum absolute atomic E-state index is 12.8. The van der Waals surface area contributed by atoms with Gasteiger partial charge in [0, 0.05) is 13.1 Å². The molecule has 4 rings (SSSR count). The average molecular weight is 473 g/mol. The zero-order chi connectivity index (χ0) is 23.2. The molecule has 10 nitrogen and oxygen atoms in total. The number of nitrogens with zero attached hydrogens (tertiary/aromatic N) is 4. The molecule has 3 aromatic rings. The highest BCUT2D eigenvalue weighted by Gasteiger charge is 2.37. The molecular formula is C22H24N4O6S. The van der Waals surface area contributed by atoms with Crippen molar-refractivity contribution in [2.75, 3.05) is 19.7 Å². The third-order valence-electron chi connectivity index (χ3n) is 5.23. The molecule has 0 radical (unpaired) electrons. The summed E-state index contributed by atoms with van der Waals surface area (Å²) in [6.45, 7) is 2.51. The highest BCUT2D eigenvalue weighted by atomic mass is 32.1. The van der Waals surface area contributed by atoms with Gasteiger partial charge in [-0.3, -0.25) is 9.59 Å². The first-order valence-electron chi connectivity index (χ1n) is 10.7. The Labute approximate surface area is 194 Å². The molecule has 1 fully saturated rings. The third kappa shape index (κ3) is 5.30. The van der Waals surface area contributed by atoms with Gasteiger partial charge in [0.25, 0.3) is 17.7 Å². The van der Waals surface area contributed by atoms with Gasteiger partial charge in [-0.1, -0.05) is 13.0 Å². The maximum atomic E-state index is 12.8. The van der Waals surface area contributed by atoms with Crippen LogP contribution in [-0.4, -0.2) is 63.5 Å². The lowest BCUT2D eigenvalue weighted by Crippen LogP contribution is -2.43. The summed E-state index contributed by atoms with van der Waals surface area (Å²) in [6, 6.07) is 6.19.